The van der Waals surface area contributed by atoms with Crippen molar-refractivity contribution in [3.8, 4) is 11.3 Å². The van der Waals surface area contributed by atoms with Crippen LogP contribution in [0.5, 0.6) is 0 Å². The van der Waals surface area contributed by atoms with Gasteiger partial charge in [0.1, 0.15) is 5.65 Å². The minimum Gasteiger partial charge on any atom is -0.321 e. The highest BCUT2D eigenvalue weighted by Crippen LogP contribution is 2.23. The monoisotopic (exact) mass is 436 g/mol. The second kappa shape index (κ2) is 7.24. The summed E-state index contributed by atoms with van der Waals surface area (Å²) >= 11 is 3.41. The number of hydrogen-bond donors (Lipinski definition) is 1. The topological polar surface area (TPSA) is 89.5 Å². The van der Waals surface area contributed by atoms with Gasteiger partial charge in [0.15, 0.2) is 0 Å². The lowest BCUT2D eigenvalue weighted by Crippen LogP contribution is -2.12. The molecule has 0 aliphatic heterocycles. The van der Waals surface area contributed by atoms with E-state index in [-0.39, 0.29) is 11.3 Å². The van der Waals surface area contributed by atoms with Crippen LogP contribution in [0, 0.1) is 10.1 Å². The Bertz CT molecular complexity index is 1200. The summed E-state index contributed by atoms with van der Waals surface area (Å²) in [6.07, 6.45) is 3.63. The molecule has 0 atom stereocenters. The maximum Gasteiger partial charge on any atom is 0.270 e. The summed E-state index contributed by atoms with van der Waals surface area (Å²) in [7, 11) is 0. The molecule has 0 bridgehead atoms. The number of imidazole rings is 1. The molecule has 0 fully saturated rings. The van der Waals surface area contributed by atoms with E-state index in [1.807, 2.05) is 34.9 Å². The van der Waals surface area contributed by atoms with E-state index in [0.29, 0.717) is 5.69 Å². The van der Waals surface area contributed by atoms with Crippen LogP contribution >= 0.6 is 15.9 Å². The van der Waals surface area contributed by atoms with Crippen molar-refractivity contribution in [2.45, 2.75) is 0 Å². The number of carbonyl (C=O) groups excluding carboxylic acids is 1. The Labute approximate surface area is 167 Å². The average Bonchev–Trinajstić information content (AvgIpc) is 3.12. The molecular formula is C20H13BrN4O3. The molecule has 1 amide bonds. The maximum atomic E-state index is 12.4. The molecule has 4 rings (SSSR count). The van der Waals surface area contributed by atoms with Gasteiger partial charge in [0.2, 0.25) is 0 Å². The highest BCUT2D eigenvalue weighted by atomic mass is 79.9. The zero-order chi connectivity index (χ0) is 19.7. The molecule has 0 saturated heterocycles. The highest BCUT2D eigenvalue weighted by molar-refractivity contribution is 9.10. The number of fused-ring (bicyclic) bond motifs is 1. The summed E-state index contributed by atoms with van der Waals surface area (Å²) in [5, 5.41) is 13.6. The molecule has 0 unspecified atom stereocenters. The van der Waals surface area contributed by atoms with Crippen molar-refractivity contribution in [1.82, 2.24) is 9.38 Å². The Balaban J connectivity index is 1.59. The lowest BCUT2D eigenvalue weighted by molar-refractivity contribution is -0.384. The number of anilines is 1. The quantitative estimate of drug-likeness (QED) is 0.362. The van der Waals surface area contributed by atoms with Gasteiger partial charge < -0.3 is 9.72 Å². The van der Waals surface area contributed by atoms with E-state index in [9.17, 15) is 14.9 Å². The molecule has 0 radical (unpaired) electrons. The fourth-order valence-corrected chi connectivity index (χ4v) is 3.05. The fourth-order valence-electron chi connectivity index (χ4n) is 2.79. The Morgan fingerprint density at radius 2 is 1.86 bits per heavy atom. The number of nitrogens with zero attached hydrogens (tertiary/aromatic N) is 3. The number of hydrogen-bond acceptors (Lipinski definition) is 4. The zero-order valence-corrected chi connectivity index (χ0v) is 16.0. The highest BCUT2D eigenvalue weighted by Gasteiger charge is 2.12. The van der Waals surface area contributed by atoms with Crippen LogP contribution in [-0.4, -0.2) is 20.2 Å². The minimum absolute atomic E-state index is 0.128. The molecule has 4 aromatic rings. The number of nitro benzene ring substituents is 1. The number of halogens is 1. The molecule has 0 aliphatic carbocycles. The predicted octanol–water partition coefficient (Wildman–Crippen LogP) is 4.92. The summed E-state index contributed by atoms with van der Waals surface area (Å²) in [5.41, 5.74) is 3.19. The minimum atomic E-state index is -0.530. The molecule has 1 N–H and O–H groups in total. The second-order valence-corrected chi connectivity index (χ2v) is 6.99. The molecule has 2 heterocycles. The summed E-state index contributed by atoms with van der Waals surface area (Å²) in [5.74, 6) is -0.420. The summed E-state index contributed by atoms with van der Waals surface area (Å²) in [4.78, 5) is 27.4. The Morgan fingerprint density at radius 3 is 2.61 bits per heavy atom. The van der Waals surface area contributed by atoms with Crippen LogP contribution in [0.25, 0.3) is 16.9 Å². The van der Waals surface area contributed by atoms with Crippen LogP contribution in [0.4, 0.5) is 11.4 Å². The fraction of sp³-hybridized carbons (Fsp3) is 0. The third-order valence-electron chi connectivity index (χ3n) is 4.17. The van der Waals surface area contributed by atoms with Crippen LogP contribution in [0.15, 0.2) is 77.5 Å². The number of rotatable bonds is 4. The molecule has 28 heavy (non-hydrogen) atoms. The number of benzene rings is 2. The molecule has 2 aromatic heterocycles. The Hall–Kier alpha value is -3.52. The van der Waals surface area contributed by atoms with E-state index in [1.165, 1.54) is 24.3 Å². The maximum absolute atomic E-state index is 12.4. The number of nitrogens with one attached hydrogen (secondary N) is 1. The van der Waals surface area contributed by atoms with Crippen molar-refractivity contribution < 1.29 is 9.72 Å². The van der Waals surface area contributed by atoms with Crippen molar-refractivity contribution in [1.29, 1.82) is 0 Å². The molecule has 0 spiro atoms. The van der Waals surface area contributed by atoms with Crippen LogP contribution in [-0.2, 0) is 0 Å². The van der Waals surface area contributed by atoms with Crippen molar-refractivity contribution in [2.24, 2.45) is 0 Å². The van der Waals surface area contributed by atoms with Gasteiger partial charge in [-0.25, -0.2) is 4.98 Å². The standard InChI is InChI=1S/C20H13BrN4O3/c21-15-6-4-13(5-7-15)18-12-24-11-16(8-9-19(24)23-18)22-20(26)14-2-1-3-17(10-14)25(27)28/h1-12H,(H,22,26). The number of nitro groups is 1. The van der Waals surface area contributed by atoms with Crippen molar-refractivity contribution >= 4 is 38.9 Å². The van der Waals surface area contributed by atoms with Crippen LogP contribution < -0.4 is 5.32 Å². The molecule has 2 aromatic carbocycles. The van der Waals surface area contributed by atoms with Crippen molar-refractivity contribution in [3.63, 3.8) is 0 Å². The molecular weight excluding hydrogens is 424 g/mol. The molecule has 138 valence electrons. The largest absolute Gasteiger partial charge is 0.321 e. The van der Waals surface area contributed by atoms with E-state index in [1.54, 1.807) is 18.3 Å². The van der Waals surface area contributed by atoms with Gasteiger partial charge in [-0.3, -0.25) is 14.9 Å². The molecule has 7 nitrogen and oxygen atoms in total. The van der Waals surface area contributed by atoms with Gasteiger partial charge in [-0.2, -0.15) is 0 Å². The number of pyridine rings is 1. The van der Waals surface area contributed by atoms with Crippen LogP contribution in [0.3, 0.4) is 0 Å². The first-order chi connectivity index (χ1) is 13.5. The Kier molecular flexibility index (Phi) is 4.62. The first-order valence-corrected chi connectivity index (χ1v) is 9.09. The van der Waals surface area contributed by atoms with E-state index >= 15 is 0 Å². The third-order valence-corrected chi connectivity index (χ3v) is 4.70. The lowest BCUT2D eigenvalue weighted by atomic mass is 10.2. The first-order valence-electron chi connectivity index (χ1n) is 8.30. The molecule has 0 saturated carbocycles. The smallest absolute Gasteiger partial charge is 0.270 e. The van der Waals surface area contributed by atoms with Crippen molar-refractivity contribution in [3.05, 3.63) is 93.2 Å². The van der Waals surface area contributed by atoms with Crippen LogP contribution in [0.1, 0.15) is 10.4 Å². The number of aromatic nitrogens is 2. The normalized spacial score (nSPS) is 10.8. The molecule has 8 heteroatoms. The van der Waals surface area contributed by atoms with Gasteiger partial charge >= 0.3 is 0 Å². The third kappa shape index (κ3) is 3.63. The van der Waals surface area contributed by atoms with Gasteiger partial charge in [0.05, 0.1) is 16.3 Å². The zero-order valence-electron chi connectivity index (χ0n) is 14.4. The van der Waals surface area contributed by atoms with Crippen molar-refractivity contribution in [2.75, 3.05) is 5.32 Å². The second-order valence-electron chi connectivity index (χ2n) is 6.08. The predicted molar refractivity (Wildman–Crippen MR) is 109 cm³/mol. The summed E-state index contributed by atoms with van der Waals surface area (Å²) in [6, 6.07) is 17.0. The number of amides is 1. The first kappa shape index (κ1) is 17.9. The number of non-ortho nitro benzene ring substituents is 1. The van der Waals surface area contributed by atoms with E-state index in [4.69, 9.17) is 0 Å². The van der Waals surface area contributed by atoms with E-state index < -0.39 is 10.8 Å². The van der Waals surface area contributed by atoms with Gasteiger partial charge in [0.25, 0.3) is 11.6 Å². The average molecular weight is 437 g/mol. The van der Waals surface area contributed by atoms with Gasteiger partial charge in [-0.1, -0.05) is 34.1 Å². The van der Waals surface area contributed by atoms with Gasteiger partial charge in [0, 0.05) is 40.1 Å². The number of carbonyl (C=O) groups is 1. The Morgan fingerprint density at radius 1 is 1.07 bits per heavy atom. The summed E-state index contributed by atoms with van der Waals surface area (Å²) in [6.45, 7) is 0. The van der Waals surface area contributed by atoms with E-state index in [0.717, 1.165) is 21.4 Å². The summed E-state index contributed by atoms with van der Waals surface area (Å²) < 4.78 is 2.81. The van der Waals surface area contributed by atoms with Gasteiger partial charge in [-0.15, -0.1) is 0 Å². The van der Waals surface area contributed by atoms with Gasteiger partial charge in [-0.05, 0) is 30.3 Å². The SMILES string of the molecule is O=C(Nc1ccc2nc(-c3ccc(Br)cc3)cn2c1)c1cccc([N+](=O)[O-])c1. The lowest BCUT2D eigenvalue weighted by Gasteiger charge is -2.05. The van der Waals surface area contributed by atoms with E-state index in [2.05, 4.69) is 26.2 Å². The van der Waals surface area contributed by atoms with Crippen LogP contribution in [0.2, 0.25) is 0 Å². The molecule has 0 aliphatic rings.